The predicted octanol–water partition coefficient (Wildman–Crippen LogP) is 7.87. The molecule has 0 atom stereocenters. The first-order valence-corrected chi connectivity index (χ1v) is 16.9. The van der Waals surface area contributed by atoms with Crippen LogP contribution >= 0.6 is 72.8 Å². The van der Waals surface area contributed by atoms with E-state index in [1.54, 1.807) is 30.2 Å². The molecule has 3 aromatic carbocycles. The van der Waals surface area contributed by atoms with Crippen molar-refractivity contribution in [1.29, 1.82) is 0 Å². The predicted molar refractivity (Wildman–Crippen MR) is 223 cm³/mol. The van der Waals surface area contributed by atoms with Gasteiger partial charge in [0.15, 0.2) is 0 Å². The first-order chi connectivity index (χ1) is 23.7. The minimum Gasteiger partial charge on any atom is -0.487 e. The molecule has 0 bridgehead atoms. The fourth-order valence-corrected chi connectivity index (χ4v) is 6.58. The molecule has 0 aliphatic carbocycles. The molecule has 0 saturated carbocycles. The van der Waals surface area contributed by atoms with E-state index in [0.29, 0.717) is 48.2 Å². The number of hydrogen-bond donors (Lipinski definition) is 1. The number of aryl methyl sites for hydroxylation is 1. The van der Waals surface area contributed by atoms with Crippen molar-refractivity contribution in [3.05, 3.63) is 93.6 Å². The minimum absolute atomic E-state index is 0. The number of benzene rings is 3. The summed E-state index contributed by atoms with van der Waals surface area (Å²) in [6.07, 6.45) is 4.43. The molecule has 3 heterocycles. The molecule has 2 aliphatic heterocycles. The largest absolute Gasteiger partial charge is 0.487 e. The highest BCUT2D eigenvalue weighted by molar-refractivity contribution is 6.38. The van der Waals surface area contributed by atoms with E-state index in [-0.39, 0.29) is 79.6 Å². The Kier molecular flexibility index (Phi) is 18.0. The van der Waals surface area contributed by atoms with Gasteiger partial charge in [-0.1, -0.05) is 47.5 Å². The van der Waals surface area contributed by atoms with Gasteiger partial charge in [0.25, 0.3) is 0 Å². The molecule has 4 aromatic rings. The van der Waals surface area contributed by atoms with Crippen LogP contribution in [0.4, 0.5) is 17.1 Å². The van der Waals surface area contributed by atoms with E-state index < -0.39 is 5.91 Å². The number of hydrogen-bond acceptors (Lipinski definition) is 7. The highest BCUT2D eigenvalue weighted by Crippen LogP contribution is 2.37. The summed E-state index contributed by atoms with van der Waals surface area (Å²) in [6, 6.07) is 18.6. The maximum Gasteiger partial charge on any atom is 0.246 e. The summed E-state index contributed by atoms with van der Waals surface area (Å²) < 4.78 is 11.8. The second kappa shape index (κ2) is 20.8. The van der Waals surface area contributed by atoms with Gasteiger partial charge >= 0.3 is 0 Å². The summed E-state index contributed by atoms with van der Waals surface area (Å²) in [5.41, 5.74) is 5.28. The smallest absolute Gasteiger partial charge is 0.246 e. The van der Waals surface area contributed by atoms with Gasteiger partial charge in [-0.25, -0.2) is 4.98 Å². The van der Waals surface area contributed by atoms with E-state index in [1.165, 1.54) is 11.0 Å². The fourth-order valence-electron chi connectivity index (χ4n) is 5.97. The summed E-state index contributed by atoms with van der Waals surface area (Å²) in [7, 11) is 1.58. The van der Waals surface area contributed by atoms with E-state index >= 15 is 0 Å². The lowest BCUT2D eigenvalue weighted by atomic mass is 10.1. The number of ether oxygens (including phenoxy) is 2. The number of anilines is 3. The van der Waals surface area contributed by atoms with E-state index in [4.69, 9.17) is 37.7 Å². The number of amides is 3. The van der Waals surface area contributed by atoms with Gasteiger partial charge in [-0.3, -0.25) is 14.4 Å². The maximum atomic E-state index is 13.1. The van der Waals surface area contributed by atoms with Crippen LogP contribution in [-0.2, 0) is 25.7 Å². The number of halogens is 6. The molecule has 1 N–H and O–H groups in total. The maximum absolute atomic E-state index is 13.1. The van der Waals surface area contributed by atoms with Crippen LogP contribution in [0.2, 0.25) is 10.0 Å². The Morgan fingerprint density at radius 3 is 2.40 bits per heavy atom. The van der Waals surface area contributed by atoms with Gasteiger partial charge in [-0.15, -0.1) is 49.6 Å². The number of morpholine rings is 1. The van der Waals surface area contributed by atoms with Crippen LogP contribution in [0.3, 0.4) is 0 Å². The molecule has 2 aliphatic rings. The summed E-state index contributed by atoms with van der Waals surface area (Å²) >= 11 is 13.4. The van der Waals surface area contributed by atoms with Crippen molar-refractivity contribution in [1.82, 2.24) is 10.3 Å². The summed E-state index contributed by atoms with van der Waals surface area (Å²) in [4.78, 5) is 47.8. The lowest BCUT2D eigenvalue weighted by molar-refractivity contribution is -0.122. The molecule has 0 spiro atoms. The lowest BCUT2D eigenvalue weighted by Crippen LogP contribution is -2.37. The van der Waals surface area contributed by atoms with Crippen LogP contribution in [0.5, 0.6) is 5.75 Å². The number of pyridine rings is 1. The van der Waals surface area contributed by atoms with Gasteiger partial charge in [0, 0.05) is 72.2 Å². The Balaban J connectivity index is 0.00000243. The number of nitrogens with zero attached hydrogens (tertiary/aromatic N) is 4. The summed E-state index contributed by atoms with van der Waals surface area (Å²) in [5.74, 6) is -0.0888. The van der Waals surface area contributed by atoms with Crippen LogP contribution in [-0.4, -0.2) is 69.1 Å². The fraction of sp³-hybridized carbons (Fsp3) is 0.297. The number of fused-ring (bicyclic) bond motifs is 1. The van der Waals surface area contributed by atoms with E-state index in [0.717, 1.165) is 53.0 Å². The molecular formula is C37H41Cl6N5O5. The van der Waals surface area contributed by atoms with Crippen molar-refractivity contribution in [2.75, 3.05) is 61.1 Å². The zero-order chi connectivity index (χ0) is 34.5. The highest BCUT2D eigenvalue weighted by Gasteiger charge is 2.22. The molecule has 6 rings (SSSR count). The van der Waals surface area contributed by atoms with Crippen LogP contribution in [0.15, 0.2) is 66.7 Å². The van der Waals surface area contributed by atoms with Crippen molar-refractivity contribution in [2.45, 2.75) is 26.4 Å². The van der Waals surface area contributed by atoms with E-state index in [9.17, 15) is 14.4 Å². The van der Waals surface area contributed by atoms with Crippen LogP contribution in [0.25, 0.3) is 17.0 Å². The highest BCUT2D eigenvalue weighted by atomic mass is 35.5. The van der Waals surface area contributed by atoms with Crippen molar-refractivity contribution in [3.63, 3.8) is 0 Å². The molecule has 53 heavy (non-hydrogen) atoms. The molecule has 3 amide bonds. The molecule has 1 aromatic heterocycles. The quantitative estimate of drug-likeness (QED) is 0.162. The van der Waals surface area contributed by atoms with Crippen LogP contribution in [0, 0.1) is 6.92 Å². The van der Waals surface area contributed by atoms with Crippen molar-refractivity contribution >= 4 is 125 Å². The number of nitrogens with one attached hydrogen (secondary N) is 1. The number of para-hydroxylation sites is 1. The van der Waals surface area contributed by atoms with Gasteiger partial charge in [-0.05, 0) is 61.4 Å². The molecule has 286 valence electrons. The monoisotopic (exact) mass is 845 g/mol. The van der Waals surface area contributed by atoms with Gasteiger partial charge in [0.2, 0.25) is 17.7 Å². The molecule has 2 fully saturated rings. The average Bonchev–Trinajstić information content (AvgIpc) is 3.55. The summed E-state index contributed by atoms with van der Waals surface area (Å²) in [6.45, 7) is 5.42. The molecular weight excluding hydrogens is 807 g/mol. The molecule has 16 heteroatoms. The number of aromatic nitrogens is 1. The number of carbonyl (C=O) groups excluding carboxylic acids is 3. The standard InChI is InChI=1S/C37H37Cl2N5O5.4ClH/c1-24-21-31(43-17-19-48-20-18-43)27-5-3-6-32(37(27)41-24)49-23-28-29(38)13-14-30(36(28)39)42(2)35(47)22-40-33(45)15-10-25-8-11-26(12-9-25)44-16-4-7-34(44)46;;;;/h3,5-6,8-15,21H,4,7,16-20,22-23H2,1-2H3,(H,40,45);4*1H/b15-10+;;;;. The molecule has 0 unspecified atom stereocenters. The zero-order valence-electron chi connectivity index (χ0n) is 29.0. The second-order valence-electron chi connectivity index (χ2n) is 11.9. The Morgan fingerprint density at radius 2 is 1.72 bits per heavy atom. The van der Waals surface area contributed by atoms with E-state index in [2.05, 4.69) is 16.3 Å². The minimum atomic E-state index is -0.424. The lowest BCUT2D eigenvalue weighted by Gasteiger charge is -2.30. The first kappa shape index (κ1) is 45.7. The van der Waals surface area contributed by atoms with Gasteiger partial charge in [0.1, 0.15) is 17.9 Å². The van der Waals surface area contributed by atoms with Crippen molar-refractivity contribution in [2.24, 2.45) is 0 Å². The van der Waals surface area contributed by atoms with Crippen molar-refractivity contribution in [3.8, 4) is 5.75 Å². The Labute approximate surface area is 343 Å². The third-order valence-corrected chi connectivity index (χ3v) is 9.43. The molecule has 0 radical (unpaired) electrons. The van der Waals surface area contributed by atoms with Crippen LogP contribution in [0.1, 0.15) is 29.7 Å². The zero-order valence-corrected chi connectivity index (χ0v) is 33.8. The van der Waals surface area contributed by atoms with Crippen LogP contribution < -0.4 is 24.8 Å². The Hall–Kier alpha value is -3.48. The number of rotatable bonds is 10. The van der Waals surface area contributed by atoms with Gasteiger partial charge in [0.05, 0.1) is 30.5 Å². The third kappa shape index (κ3) is 10.8. The topological polar surface area (TPSA) is 104 Å². The normalized spacial score (nSPS) is 13.8. The number of likely N-dealkylation sites (N-methyl/N-ethyl adjacent to an activating group) is 1. The number of carbonyl (C=O) groups is 3. The Bertz CT molecular complexity index is 1920. The second-order valence-corrected chi connectivity index (χ2v) is 12.7. The van der Waals surface area contributed by atoms with Gasteiger partial charge in [-0.2, -0.15) is 0 Å². The van der Waals surface area contributed by atoms with E-state index in [1.807, 2.05) is 49.4 Å². The van der Waals surface area contributed by atoms with Crippen molar-refractivity contribution < 1.29 is 23.9 Å². The average molecular weight is 848 g/mol. The van der Waals surface area contributed by atoms with Gasteiger partial charge < -0.3 is 29.5 Å². The molecule has 2 saturated heterocycles. The Morgan fingerprint density at radius 1 is 1.00 bits per heavy atom. The SMILES string of the molecule is Cc1cc(N2CCOCC2)c2cccc(OCc3c(Cl)ccc(N(C)C(=O)CNC(=O)/C=C/c4ccc(N5CCCC5=O)cc4)c3Cl)c2n1.Cl.Cl.Cl.Cl. The molecule has 10 nitrogen and oxygen atoms in total. The first-order valence-electron chi connectivity index (χ1n) is 16.1. The summed E-state index contributed by atoms with van der Waals surface area (Å²) in [5, 5.41) is 4.27. The third-order valence-electron chi connectivity index (χ3n) is 8.65.